The average Bonchev–Trinajstić information content (AvgIpc) is 2.94. The molecular formula is C18H26N4OS. The minimum Gasteiger partial charge on any atom is -0.378 e. The van der Waals surface area contributed by atoms with Crippen molar-refractivity contribution in [1.29, 1.82) is 0 Å². The first-order valence-electron chi connectivity index (χ1n) is 8.39. The Morgan fingerprint density at radius 3 is 2.38 bits per heavy atom. The van der Waals surface area contributed by atoms with E-state index in [0.29, 0.717) is 0 Å². The van der Waals surface area contributed by atoms with Gasteiger partial charge in [-0.2, -0.15) is 0 Å². The highest BCUT2D eigenvalue weighted by Gasteiger charge is 2.18. The molecule has 130 valence electrons. The summed E-state index contributed by atoms with van der Waals surface area (Å²) in [4.78, 5) is 2.23. The van der Waals surface area contributed by atoms with Crippen LogP contribution < -0.4 is 4.90 Å². The summed E-state index contributed by atoms with van der Waals surface area (Å²) < 4.78 is 7.49. The van der Waals surface area contributed by atoms with E-state index in [1.807, 2.05) is 7.05 Å². The Labute approximate surface area is 148 Å². The highest BCUT2D eigenvalue weighted by molar-refractivity contribution is 7.98. The molecule has 0 spiro atoms. The van der Waals surface area contributed by atoms with Crippen molar-refractivity contribution in [2.45, 2.75) is 37.1 Å². The zero-order valence-corrected chi connectivity index (χ0v) is 15.8. The molecular weight excluding hydrogens is 320 g/mol. The number of hydrogen-bond donors (Lipinski definition) is 0. The van der Waals surface area contributed by atoms with E-state index < -0.39 is 0 Å². The molecule has 2 heterocycles. The number of thioether (sulfide) groups is 1. The quantitative estimate of drug-likeness (QED) is 0.795. The summed E-state index contributed by atoms with van der Waals surface area (Å²) in [6, 6.07) is 8.89. The molecule has 3 rings (SSSR count). The predicted molar refractivity (Wildman–Crippen MR) is 98.7 cm³/mol. The van der Waals surface area contributed by atoms with Crippen LogP contribution in [0.25, 0.3) is 0 Å². The largest absolute Gasteiger partial charge is 0.378 e. The van der Waals surface area contributed by atoms with Crippen LogP contribution in [0.5, 0.6) is 0 Å². The third kappa shape index (κ3) is 3.92. The molecule has 6 heteroatoms. The molecule has 2 aromatic rings. The number of ether oxygens (including phenoxy) is 1. The van der Waals surface area contributed by atoms with Gasteiger partial charge in [-0.05, 0) is 16.5 Å². The van der Waals surface area contributed by atoms with Crippen LogP contribution in [0.4, 0.5) is 5.95 Å². The second-order valence-corrected chi connectivity index (χ2v) is 8.12. The lowest BCUT2D eigenvalue weighted by molar-refractivity contribution is 0.121. The normalized spacial score (nSPS) is 15.8. The molecule has 0 atom stereocenters. The van der Waals surface area contributed by atoms with Gasteiger partial charge >= 0.3 is 0 Å². The molecule has 0 amide bonds. The van der Waals surface area contributed by atoms with Gasteiger partial charge in [0.05, 0.1) is 13.2 Å². The molecule has 0 saturated carbocycles. The summed E-state index contributed by atoms with van der Waals surface area (Å²) in [5.74, 6) is 1.84. The monoisotopic (exact) mass is 346 g/mol. The molecule has 24 heavy (non-hydrogen) atoms. The van der Waals surface area contributed by atoms with E-state index in [-0.39, 0.29) is 5.41 Å². The van der Waals surface area contributed by atoms with Crippen LogP contribution in [-0.4, -0.2) is 41.1 Å². The minimum atomic E-state index is 0.197. The van der Waals surface area contributed by atoms with Crippen molar-refractivity contribution in [2.24, 2.45) is 7.05 Å². The first-order chi connectivity index (χ1) is 11.4. The van der Waals surface area contributed by atoms with Gasteiger partial charge in [-0.25, -0.2) is 0 Å². The van der Waals surface area contributed by atoms with E-state index in [9.17, 15) is 0 Å². The fraction of sp³-hybridized carbons (Fsp3) is 0.556. The number of hydrogen-bond acceptors (Lipinski definition) is 5. The molecule has 1 aromatic carbocycles. The van der Waals surface area contributed by atoms with Gasteiger partial charge in [0.25, 0.3) is 0 Å². The van der Waals surface area contributed by atoms with E-state index in [2.05, 4.69) is 64.7 Å². The zero-order chi connectivity index (χ0) is 17.2. The Kier molecular flexibility index (Phi) is 5.15. The van der Waals surface area contributed by atoms with Crippen molar-refractivity contribution in [3.63, 3.8) is 0 Å². The SMILES string of the molecule is Cn1c(SCc2ccc(C(C)(C)C)cc2)nnc1N1CCOCC1. The molecule has 0 unspecified atom stereocenters. The van der Waals surface area contributed by atoms with E-state index in [0.717, 1.165) is 43.2 Å². The van der Waals surface area contributed by atoms with E-state index in [4.69, 9.17) is 4.74 Å². The summed E-state index contributed by atoms with van der Waals surface area (Å²) in [5, 5.41) is 9.67. The van der Waals surface area contributed by atoms with Crippen molar-refractivity contribution in [3.8, 4) is 0 Å². The highest BCUT2D eigenvalue weighted by Crippen LogP contribution is 2.26. The van der Waals surface area contributed by atoms with Gasteiger partial charge in [0.2, 0.25) is 5.95 Å². The van der Waals surface area contributed by atoms with E-state index >= 15 is 0 Å². The molecule has 0 N–H and O–H groups in total. The number of aromatic nitrogens is 3. The smallest absolute Gasteiger partial charge is 0.227 e. The van der Waals surface area contributed by atoms with Crippen molar-refractivity contribution in [2.75, 3.05) is 31.2 Å². The van der Waals surface area contributed by atoms with Crippen LogP contribution in [0.15, 0.2) is 29.4 Å². The molecule has 1 saturated heterocycles. The first kappa shape index (κ1) is 17.3. The lowest BCUT2D eigenvalue weighted by Crippen LogP contribution is -2.37. The Morgan fingerprint density at radius 1 is 1.08 bits per heavy atom. The Balaban J connectivity index is 1.63. The Morgan fingerprint density at radius 2 is 1.75 bits per heavy atom. The highest BCUT2D eigenvalue weighted by atomic mass is 32.2. The maximum absolute atomic E-state index is 5.40. The summed E-state index contributed by atoms with van der Waals surface area (Å²) in [6.07, 6.45) is 0. The molecule has 0 bridgehead atoms. The fourth-order valence-electron chi connectivity index (χ4n) is 2.72. The summed E-state index contributed by atoms with van der Waals surface area (Å²) in [6.45, 7) is 10.00. The van der Waals surface area contributed by atoms with Gasteiger partial charge in [-0.1, -0.05) is 56.8 Å². The molecule has 0 aliphatic carbocycles. The third-order valence-corrected chi connectivity index (χ3v) is 5.39. The average molecular weight is 347 g/mol. The summed E-state index contributed by atoms with van der Waals surface area (Å²) in [5.41, 5.74) is 2.87. The Bertz CT molecular complexity index is 669. The van der Waals surface area contributed by atoms with Crippen molar-refractivity contribution < 1.29 is 4.74 Å². The van der Waals surface area contributed by atoms with Crippen LogP contribution >= 0.6 is 11.8 Å². The van der Waals surface area contributed by atoms with Gasteiger partial charge in [0.15, 0.2) is 5.16 Å². The topological polar surface area (TPSA) is 43.2 Å². The Hall–Kier alpha value is -1.53. The third-order valence-electron chi connectivity index (χ3n) is 4.29. The van der Waals surface area contributed by atoms with Crippen molar-refractivity contribution in [3.05, 3.63) is 35.4 Å². The second kappa shape index (κ2) is 7.15. The van der Waals surface area contributed by atoms with Gasteiger partial charge in [0, 0.05) is 25.9 Å². The number of benzene rings is 1. The maximum Gasteiger partial charge on any atom is 0.227 e. The molecule has 1 aliphatic rings. The van der Waals surface area contributed by atoms with Crippen LogP contribution in [0, 0.1) is 0 Å². The standard InChI is InChI=1S/C18H26N4OS/c1-18(2,3)15-7-5-14(6-8-15)13-24-17-20-19-16(21(17)4)22-9-11-23-12-10-22/h5-8H,9-13H2,1-4H3. The molecule has 1 aliphatic heterocycles. The van der Waals surface area contributed by atoms with Crippen molar-refractivity contribution in [1.82, 2.24) is 14.8 Å². The molecule has 1 fully saturated rings. The van der Waals surface area contributed by atoms with Gasteiger partial charge < -0.3 is 9.64 Å². The van der Waals surface area contributed by atoms with Crippen LogP contribution in [0.1, 0.15) is 31.9 Å². The first-order valence-corrected chi connectivity index (χ1v) is 9.38. The number of anilines is 1. The fourth-order valence-corrected chi connectivity index (χ4v) is 3.58. The minimum absolute atomic E-state index is 0.197. The second-order valence-electron chi connectivity index (χ2n) is 7.18. The summed E-state index contributed by atoms with van der Waals surface area (Å²) >= 11 is 1.73. The lowest BCUT2D eigenvalue weighted by atomic mass is 9.87. The van der Waals surface area contributed by atoms with Gasteiger partial charge in [-0.3, -0.25) is 4.57 Å². The van der Waals surface area contributed by atoms with Crippen LogP contribution in [-0.2, 0) is 23.0 Å². The molecule has 0 radical (unpaired) electrons. The van der Waals surface area contributed by atoms with Gasteiger partial charge in [0.1, 0.15) is 0 Å². The number of rotatable bonds is 4. The van der Waals surface area contributed by atoms with Crippen LogP contribution in [0.2, 0.25) is 0 Å². The molecule has 1 aromatic heterocycles. The van der Waals surface area contributed by atoms with Crippen molar-refractivity contribution >= 4 is 17.7 Å². The summed E-state index contributed by atoms with van der Waals surface area (Å²) in [7, 11) is 2.04. The van der Waals surface area contributed by atoms with Crippen LogP contribution in [0.3, 0.4) is 0 Å². The van der Waals surface area contributed by atoms with E-state index in [1.165, 1.54) is 11.1 Å². The molecule has 5 nitrogen and oxygen atoms in total. The number of morpholine rings is 1. The lowest BCUT2D eigenvalue weighted by Gasteiger charge is -2.27. The zero-order valence-electron chi connectivity index (χ0n) is 15.0. The predicted octanol–water partition coefficient (Wildman–Crippen LogP) is 3.24. The van der Waals surface area contributed by atoms with E-state index in [1.54, 1.807) is 11.8 Å². The van der Waals surface area contributed by atoms with Gasteiger partial charge in [-0.15, -0.1) is 10.2 Å². The number of nitrogens with zero attached hydrogens (tertiary/aromatic N) is 4. The maximum atomic E-state index is 5.40.